The molecule has 0 bridgehead atoms. The van der Waals surface area contributed by atoms with Crippen LogP contribution < -0.4 is 10.6 Å². The lowest BCUT2D eigenvalue weighted by molar-refractivity contribution is -0.198. The van der Waals surface area contributed by atoms with Crippen molar-refractivity contribution in [3.63, 3.8) is 0 Å². The van der Waals surface area contributed by atoms with E-state index in [1.807, 2.05) is 0 Å². The van der Waals surface area contributed by atoms with E-state index in [4.69, 9.17) is 23.7 Å². The fourth-order valence-corrected chi connectivity index (χ4v) is 3.91. The Balaban J connectivity index is 2.25. The van der Waals surface area contributed by atoms with Crippen LogP contribution in [0.5, 0.6) is 0 Å². The molecule has 0 unspecified atom stereocenters. The molecule has 1 heterocycles. The molecular formula is C24H45N3O11S. The molecule has 0 saturated carbocycles. The van der Waals surface area contributed by atoms with Crippen molar-refractivity contribution in [3.8, 4) is 0 Å². The number of aliphatic hydroxyl groups is 3. The first-order chi connectivity index (χ1) is 18.7. The second-order valence-electron chi connectivity index (χ2n) is 8.86. The molecule has 1 aliphatic rings. The summed E-state index contributed by atoms with van der Waals surface area (Å²) in [6.07, 6.45) is -4.11. The molecule has 1 saturated heterocycles. The van der Waals surface area contributed by atoms with Gasteiger partial charge in [-0.2, -0.15) is 12.6 Å². The monoisotopic (exact) mass is 583 g/mol. The van der Waals surface area contributed by atoms with Crippen molar-refractivity contribution in [2.45, 2.75) is 50.7 Å². The van der Waals surface area contributed by atoms with Gasteiger partial charge in [0.25, 0.3) is 0 Å². The van der Waals surface area contributed by atoms with Crippen LogP contribution >= 0.6 is 12.6 Å². The van der Waals surface area contributed by atoms with Crippen LogP contribution in [0.4, 0.5) is 0 Å². The highest BCUT2D eigenvalue weighted by molar-refractivity contribution is 7.80. The molecule has 15 heteroatoms. The molecule has 3 amide bonds. The number of hydrogen-bond acceptors (Lipinski definition) is 12. The lowest BCUT2D eigenvalue weighted by atomic mass is 9.91. The average Bonchev–Trinajstić information content (AvgIpc) is 2.89. The van der Waals surface area contributed by atoms with Crippen LogP contribution in [0.1, 0.15) is 20.3 Å². The van der Waals surface area contributed by atoms with E-state index in [1.54, 1.807) is 0 Å². The van der Waals surface area contributed by atoms with Crippen LogP contribution in [-0.2, 0) is 38.1 Å². The predicted molar refractivity (Wildman–Crippen MR) is 142 cm³/mol. The molecule has 14 nitrogen and oxygen atoms in total. The number of nitrogens with zero attached hydrogens (tertiary/aromatic N) is 1. The zero-order valence-corrected chi connectivity index (χ0v) is 23.7. The van der Waals surface area contributed by atoms with Gasteiger partial charge in [0.15, 0.2) is 0 Å². The second kappa shape index (κ2) is 21.2. The summed E-state index contributed by atoms with van der Waals surface area (Å²) in [6, 6.07) is -0.875. The molecule has 1 fully saturated rings. The van der Waals surface area contributed by atoms with Crippen LogP contribution in [0.15, 0.2) is 0 Å². The highest BCUT2D eigenvalue weighted by atomic mass is 32.1. The van der Waals surface area contributed by atoms with Gasteiger partial charge in [0.2, 0.25) is 17.7 Å². The summed E-state index contributed by atoms with van der Waals surface area (Å²) < 4.78 is 27.2. The number of hydrogen-bond donors (Lipinski definition) is 6. The van der Waals surface area contributed by atoms with Gasteiger partial charge in [-0.3, -0.25) is 14.4 Å². The van der Waals surface area contributed by atoms with E-state index in [0.717, 1.165) is 0 Å². The molecule has 5 N–H and O–H groups in total. The minimum atomic E-state index is -1.35. The van der Waals surface area contributed by atoms with Crippen molar-refractivity contribution in [1.29, 1.82) is 0 Å². The van der Waals surface area contributed by atoms with Gasteiger partial charge in [-0.25, -0.2) is 0 Å². The summed E-state index contributed by atoms with van der Waals surface area (Å²) in [5, 5.41) is 35.1. The Morgan fingerprint density at radius 2 is 1.49 bits per heavy atom. The van der Waals surface area contributed by atoms with Gasteiger partial charge in [-0.05, 0) is 6.42 Å². The van der Waals surface area contributed by atoms with E-state index in [1.165, 1.54) is 18.7 Å². The first kappa shape index (κ1) is 35.5. The fourth-order valence-electron chi connectivity index (χ4n) is 3.78. The molecule has 0 aromatic rings. The van der Waals surface area contributed by atoms with Crippen molar-refractivity contribution in [1.82, 2.24) is 15.5 Å². The quantitative estimate of drug-likeness (QED) is 0.0611. The third kappa shape index (κ3) is 15.1. The zero-order valence-electron chi connectivity index (χ0n) is 22.8. The number of carbonyl (C=O) groups excluding carboxylic acids is 3. The normalized spacial score (nSPS) is 22.9. The molecule has 0 aromatic carbocycles. The number of aliphatic hydroxyl groups excluding tert-OH is 3. The minimum Gasteiger partial charge on any atom is -0.394 e. The van der Waals surface area contributed by atoms with Crippen LogP contribution in [0, 0.1) is 0 Å². The maximum Gasteiger partial charge on any atom is 0.239 e. The molecule has 1 aliphatic heterocycles. The Morgan fingerprint density at radius 3 is 2.08 bits per heavy atom. The molecule has 1 rings (SSSR count). The Bertz CT molecular complexity index is 706. The molecule has 228 valence electrons. The van der Waals surface area contributed by atoms with E-state index in [9.17, 15) is 29.7 Å². The van der Waals surface area contributed by atoms with Gasteiger partial charge in [-0.1, -0.05) is 0 Å². The Labute approximate surface area is 235 Å². The smallest absolute Gasteiger partial charge is 0.239 e. The molecular weight excluding hydrogens is 538 g/mol. The number of rotatable bonds is 21. The van der Waals surface area contributed by atoms with E-state index < -0.39 is 43.0 Å². The van der Waals surface area contributed by atoms with Crippen molar-refractivity contribution in [2.24, 2.45) is 0 Å². The maximum atomic E-state index is 12.2. The summed E-state index contributed by atoms with van der Waals surface area (Å²) in [5.74, 6) is -0.355. The van der Waals surface area contributed by atoms with E-state index in [0.29, 0.717) is 51.9 Å². The number of amides is 3. The van der Waals surface area contributed by atoms with Gasteiger partial charge in [-0.15, -0.1) is 0 Å². The molecule has 0 radical (unpaired) electrons. The van der Waals surface area contributed by atoms with Gasteiger partial charge >= 0.3 is 0 Å². The average molecular weight is 584 g/mol. The fraction of sp³-hybridized carbons (Fsp3) is 0.875. The number of nitrogens with one attached hydrogen (secondary N) is 2. The standard InChI is InChI=1S/C24H45N3O11S/c1-17(29)26-22-19(38-20(16-28)23(32)24(22)33)3-6-34-8-5-27(18(2)30)15-21(31)25-4-7-35-9-10-36-11-12-37-13-14-39/h19-20,22-24,28,32-33,39H,3-16H2,1-2H3,(H,25,31)(H,26,29)/t19-,20-,22+,23+,24-/m1/s1. The third-order valence-corrected chi connectivity index (χ3v) is 5.96. The van der Waals surface area contributed by atoms with E-state index >= 15 is 0 Å². The highest BCUT2D eigenvalue weighted by Gasteiger charge is 2.44. The van der Waals surface area contributed by atoms with Crippen LogP contribution in [0.3, 0.4) is 0 Å². The number of carbonyl (C=O) groups is 3. The summed E-state index contributed by atoms with van der Waals surface area (Å²) in [4.78, 5) is 37.0. The summed E-state index contributed by atoms with van der Waals surface area (Å²) in [7, 11) is 0. The molecule has 0 spiro atoms. The van der Waals surface area contributed by atoms with Gasteiger partial charge < -0.3 is 54.5 Å². The van der Waals surface area contributed by atoms with E-state index in [2.05, 4.69) is 23.3 Å². The SMILES string of the molecule is CC(=O)N[C@@H]1[C@@H](O)[C@@H](O)[C@@H](CO)O[C@@H]1CCOCCN(CC(=O)NCCOCCOCCOCCS)C(C)=O. The zero-order chi connectivity index (χ0) is 29.0. The summed E-state index contributed by atoms with van der Waals surface area (Å²) >= 11 is 4.04. The van der Waals surface area contributed by atoms with Crippen LogP contribution in [-0.4, -0.2) is 153 Å². The molecule has 0 aliphatic carbocycles. The van der Waals surface area contributed by atoms with Gasteiger partial charge in [0, 0.05) is 39.3 Å². The molecule has 0 aromatic heterocycles. The minimum absolute atomic E-state index is 0.132. The third-order valence-electron chi connectivity index (χ3n) is 5.78. The highest BCUT2D eigenvalue weighted by Crippen LogP contribution is 2.23. The van der Waals surface area contributed by atoms with Gasteiger partial charge in [0.05, 0.1) is 71.5 Å². The van der Waals surface area contributed by atoms with Crippen molar-refractivity contribution < 1.29 is 53.4 Å². The van der Waals surface area contributed by atoms with Crippen molar-refractivity contribution in [3.05, 3.63) is 0 Å². The second-order valence-corrected chi connectivity index (χ2v) is 9.30. The number of ether oxygens (including phenoxy) is 5. The summed E-state index contributed by atoms with van der Waals surface area (Å²) in [5.41, 5.74) is 0. The molecule has 39 heavy (non-hydrogen) atoms. The Kier molecular flexibility index (Phi) is 19.3. The predicted octanol–water partition coefficient (Wildman–Crippen LogP) is -2.68. The Morgan fingerprint density at radius 1 is 0.872 bits per heavy atom. The largest absolute Gasteiger partial charge is 0.394 e. The lowest BCUT2D eigenvalue weighted by Gasteiger charge is -2.42. The van der Waals surface area contributed by atoms with Gasteiger partial charge in [0.1, 0.15) is 18.3 Å². The van der Waals surface area contributed by atoms with Crippen molar-refractivity contribution in [2.75, 3.05) is 84.8 Å². The maximum absolute atomic E-state index is 12.2. The first-order valence-electron chi connectivity index (χ1n) is 13.0. The summed E-state index contributed by atoms with van der Waals surface area (Å²) in [6.45, 7) is 5.44. The van der Waals surface area contributed by atoms with Crippen molar-refractivity contribution >= 4 is 30.4 Å². The van der Waals surface area contributed by atoms with E-state index in [-0.39, 0.29) is 44.5 Å². The lowest BCUT2D eigenvalue weighted by Crippen LogP contribution is -2.64. The van der Waals surface area contributed by atoms with Crippen LogP contribution in [0.25, 0.3) is 0 Å². The topological polar surface area (TPSA) is 185 Å². The first-order valence-corrected chi connectivity index (χ1v) is 13.7. The Hall–Kier alpha value is -1.56. The molecule has 5 atom stereocenters. The number of thiol groups is 1. The van der Waals surface area contributed by atoms with Crippen LogP contribution in [0.2, 0.25) is 0 Å².